The molecule has 0 saturated heterocycles. The number of nitrogens with one attached hydrogen (secondary N) is 1. The molecule has 1 amide bonds. The molecule has 0 aliphatic carbocycles. The lowest BCUT2D eigenvalue weighted by atomic mass is 10.2. The molecule has 0 saturated carbocycles. The first kappa shape index (κ1) is 20.3. The van der Waals surface area contributed by atoms with Gasteiger partial charge < -0.3 is 14.9 Å². The number of rotatable bonds is 7. The number of carbonyl (C=O) groups is 1. The maximum atomic E-state index is 12.5. The summed E-state index contributed by atoms with van der Waals surface area (Å²) in [6, 6.07) is 11.3. The Labute approximate surface area is 154 Å². The highest BCUT2D eigenvalue weighted by Crippen LogP contribution is 2.29. The molecule has 27 heavy (non-hydrogen) atoms. The van der Waals surface area contributed by atoms with Gasteiger partial charge in [-0.2, -0.15) is 13.2 Å². The van der Waals surface area contributed by atoms with Crippen LogP contribution in [0.4, 0.5) is 18.9 Å². The van der Waals surface area contributed by atoms with E-state index >= 15 is 0 Å². The summed E-state index contributed by atoms with van der Waals surface area (Å²) in [5.74, 6) is 0.207. The lowest BCUT2D eigenvalue weighted by Gasteiger charge is -2.11. The SMILES string of the molecule is CCOc1ccc(/C=N\O[C@@H](C)C(=O)Nc2ccc(C(F)(F)F)cc2)cc1. The Bertz CT molecular complexity index is 772. The van der Waals surface area contributed by atoms with Crippen molar-refractivity contribution < 1.29 is 27.5 Å². The van der Waals surface area contributed by atoms with Crippen molar-refractivity contribution in [1.82, 2.24) is 0 Å². The van der Waals surface area contributed by atoms with Gasteiger partial charge in [-0.25, -0.2) is 0 Å². The van der Waals surface area contributed by atoms with Gasteiger partial charge in [0.2, 0.25) is 6.10 Å². The van der Waals surface area contributed by atoms with Gasteiger partial charge in [-0.1, -0.05) is 5.16 Å². The minimum absolute atomic E-state index is 0.235. The Hall–Kier alpha value is -3.03. The van der Waals surface area contributed by atoms with E-state index in [1.165, 1.54) is 25.3 Å². The molecule has 0 spiro atoms. The van der Waals surface area contributed by atoms with E-state index in [2.05, 4.69) is 10.5 Å². The number of ether oxygens (including phenoxy) is 1. The summed E-state index contributed by atoms with van der Waals surface area (Å²) in [6.45, 7) is 3.94. The standard InChI is InChI=1S/C19H19F3N2O3/c1-3-26-17-10-4-14(5-11-17)12-23-27-13(2)18(25)24-16-8-6-15(7-9-16)19(20,21)22/h4-13H,3H2,1-2H3,(H,24,25)/b23-12-/t13-/m0/s1. The average molecular weight is 380 g/mol. The fraction of sp³-hybridized carbons (Fsp3) is 0.263. The van der Waals surface area contributed by atoms with Crippen LogP contribution in [0.15, 0.2) is 53.7 Å². The maximum absolute atomic E-state index is 12.5. The molecule has 0 radical (unpaired) electrons. The molecule has 144 valence electrons. The van der Waals surface area contributed by atoms with Crippen molar-refractivity contribution in [2.24, 2.45) is 5.16 Å². The molecule has 2 rings (SSSR count). The highest BCUT2D eigenvalue weighted by Gasteiger charge is 2.30. The summed E-state index contributed by atoms with van der Waals surface area (Å²) in [6.07, 6.45) is -3.90. The molecule has 0 heterocycles. The Morgan fingerprint density at radius 3 is 2.33 bits per heavy atom. The molecule has 0 bridgehead atoms. The normalized spacial score (nSPS) is 12.6. The summed E-state index contributed by atoms with van der Waals surface area (Å²) >= 11 is 0. The molecule has 0 aromatic heterocycles. The largest absolute Gasteiger partial charge is 0.494 e. The van der Waals surface area contributed by atoms with Crippen molar-refractivity contribution in [1.29, 1.82) is 0 Å². The predicted octanol–water partition coefficient (Wildman–Crippen LogP) is 4.48. The Kier molecular flexibility index (Phi) is 6.81. The second-order valence-electron chi connectivity index (χ2n) is 5.55. The van der Waals surface area contributed by atoms with Crippen molar-refractivity contribution in [3.8, 4) is 5.75 Å². The van der Waals surface area contributed by atoms with Gasteiger partial charge in [-0.3, -0.25) is 4.79 Å². The quantitative estimate of drug-likeness (QED) is 0.569. The van der Waals surface area contributed by atoms with Crippen molar-refractivity contribution >= 4 is 17.8 Å². The minimum Gasteiger partial charge on any atom is -0.494 e. The van der Waals surface area contributed by atoms with Gasteiger partial charge in [-0.15, -0.1) is 0 Å². The number of hydrogen-bond donors (Lipinski definition) is 1. The molecule has 5 nitrogen and oxygen atoms in total. The first-order chi connectivity index (χ1) is 12.8. The maximum Gasteiger partial charge on any atom is 0.416 e. The Morgan fingerprint density at radius 2 is 1.78 bits per heavy atom. The third-order valence-corrected chi connectivity index (χ3v) is 3.46. The van der Waals surface area contributed by atoms with E-state index in [1.807, 2.05) is 6.92 Å². The third-order valence-electron chi connectivity index (χ3n) is 3.46. The number of nitrogens with zero attached hydrogens (tertiary/aromatic N) is 1. The van der Waals surface area contributed by atoms with Crippen molar-refractivity contribution in [3.05, 3.63) is 59.7 Å². The summed E-state index contributed by atoms with van der Waals surface area (Å²) < 4.78 is 42.9. The van der Waals surface area contributed by atoms with E-state index in [-0.39, 0.29) is 5.69 Å². The Balaban J connectivity index is 1.86. The van der Waals surface area contributed by atoms with Crippen molar-refractivity contribution in [2.45, 2.75) is 26.1 Å². The lowest BCUT2D eigenvalue weighted by molar-refractivity contribution is -0.137. The van der Waals surface area contributed by atoms with Gasteiger partial charge in [0.05, 0.1) is 18.4 Å². The number of oxime groups is 1. The molecule has 1 atom stereocenters. The molecule has 0 unspecified atom stereocenters. The van der Waals surface area contributed by atoms with E-state index in [0.717, 1.165) is 23.4 Å². The van der Waals surface area contributed by atoms with Gasteiger partial charge in [0.25, 0.3) is 5.91 Å². The molecule has 0 fully saturated rings. The van der Waals surface area contributed by atoms with Crippen molar-refractivity contribution in [3.63, 3.8) is 0 Å². The van der Waals surface area contributed by atoms with Gasteiger partial charge >= 0.3 is 6.18 Å². The fourth-order valence-electron chi connectivity index (χ4n) is 2.03. The number of amides is 1. The van der Waals surface area contributed by atoms with Crippen LogP contribution in [0.25, 0.3) is 0 Å². The molecule has 8 heteroatoms. The molecule has 0 aliphatic rings. The highest BCUT2D eigenvalue weighted by atomic mass is 19.4. The number of halogens is 3. The van der Waals surface area contributed by atoms with Crippen LogP contribution in [0, 0.1) is 0 Å². The van der Waals surface area contributed by atoms with Crippen LogP contribution >= 0.6 is 0 Å². The molecule has 2 aromatic carbocycles. The van der Waals surface area contributed by atoms with Crippen LogP contribution in [-0.2, 0) is 15.8 Å². The second-order valence-corrected chi connectivity index (χ2v) is 5.55. The number of hydrogen-bond acceptors (Lipinski definition) is 4. The first-order valence-electron chi connectivity index (χ1n) is 8.19. The number of benzene rings is 2. The molecular formula is C19H19F3N2O3. The van der Waals surface area contributed by atoms with Gasteiger partial charge in [0.1, 0.15) is 5.75 Å². The zero-order chi connectivity index (χ0) is 19.9. The van der Waals surface area contributed by atoms with Gasteiger partial charge in [0.15, 0.2) is 0 Å². The summed E-state index contributed by atoms with van der Waals surface area (Å²) in [5.41, 5.74) is 0.206. The van der Waals surface area contributed by atoms with Crippen LogP contribution < -0.4 is 10.1 Å². The first-order valence-corrected chi connectivity index (χ1v) is 8.19. The van der Waals surface area contributed by atoms with Crippen LogP contribution in [0.3, 0.4) is 0 Å². The summed E-state index contributed by atoms with van der Waals surface area (Å²) in [4.78, 5) is 17.1. The van der Waals surface area contributed by atoms with Crippen molar-refractivity contribution in [2.75, 3.05) is 11.9 Å². The van der Waals surface area contributed by atoms with E-state index in [4.69, 9.17) is 9.57 Å². The van der Waals surface area contributed by atoms with Crippen LogP contribution in [-0.4, -0.2) is 24.8 Å². The second kappa shape index (κ2) is 9.07. The van der Waals surface area contributed by atoms with Crippen LogP contribution in [0.5, 0.6) is 5.75 Å². The van der Waals surface area contributed by atoms with Gasteiger partial charge in [-0.05, 0) is 67.9 Å². The lowest BCUT2D eigenvalue weighted by Crippen LogP contribution is -2.26. The smallest absolute Gasteiger partial charge is 0.416 e. The van der Waals surface area contributed by atoms with E-state index in [1.54, 1.807) is 24.3 Å². The zero-order valence-corrected chi connectivity index (χ0v) is 14.8. The third kappa shape index (κ3) is 6.32. The molecule has 0 aliphatic heterocycles. The monoisotopic (exact) mass is 380 g/mol. The average Bonchev–Trinajstić information content (AvgIpc) is 2.63. The van der Waals surface area contributed by atoms with Gasteiger partial charge in [0, 0.05) is 5.69 Å². The predicted molar refractivity (Wildman–Crippen MR) is 95.8 cm³/mol. The zero-order valence-electron chi connectivity index (χ0n) is 14.8. The Morgan fingerprint density at radius 1 is 1.15 bits per heavy atom. The minimum atomic E-state index is -4.42. The summed E-state index contributed by atoms with van der Waals surface area (Å²) in [5, 5.41) is 6.22. The highest BCUT2D eigenvalue weighted by molar-refractivity contribution is 5.94. The van der Waals surface area contributed by atoms with E-state index in [9.17, 15) is 18.0 Å². The number of alkyl halides is 3. The van der Waals surface area contributed by atoms with E-state index < -0.39 is 23.8 Å². The van der Waals surface area contributed by atoms with E-state index in [0.29, 0.717) is 6.61 Å². The number of carbonyl (C=O) groups excluding carboxylic acids is 1. The number of anilines is 1. The fourth-order valence-corrected chi connectivity index (χ4v) is 2.03. The molecule has 1 N–H and O–H groups in total. The molecular weight excluding hydrogens is 361 g/mol. The van der Waals surface area contributed by atoms with Crippen LogP contribution in [0.2, 0.25) is 0 Å². The summed E-state index contributed by atoms with van der Waals surface area (Å²) in [7, 11) is 0. The molecule has 2 aromatic rings. The van der Waals surface area contributed by atoms with Crippen LogP contribution in [0.1, 0.15) is 25.0 Å². The topological polar surface area (TPSA) is 59.9 Å².